The molecule has 2 heterocycles. The summed E-state index contributed by atoms with van der Waals surface area (Å²) in [5.41, 5.74) is 1.50. The molecular formula is C16H14Cl2N6OS. The zero-order chi connectivity index (χ0) is 18.7. The predicted molar refractivity (Wildman–Crippen MR) is 109 cm³/mol. The van der Waals surface area contributed by atoms with Gasteiger partial charge in [-0.2, -0.15) is 0 Å². The molecule has 0 saturated heterocycles. The number of phenolic OH excluding ortho intramolecular Hbond substituents is 1. The average Bonchev–Trinajstić information content (AvgIpc) is 2.59. The van der Waals surface area contributed by atoms with Gasteiger partial charge in [-0.3, -0.25) is 0 Å². The van der Waals surface area contributed by atoms with Gasteiger partial charge in [-0.15, -0.1) is 0 Å². The number of phenols is 1. The maximum atomic E-state index is 9.73. The molecule has 7 nitrogen and oxygen atoms in total. The molecule has 0 saturated carbocycles. The fourth-order valence-electron chi connectivity index (χ4n) is 2.12. The summed E-state index contributed by atoms with van der Waals surface area (Å²) in [6.45, 7) is 2.66. The van der Waals surface area contributed by atoms with Crippen molar-refractivity contribution in [2.45, 2.75) is 6.92 Å². The normalized spacial score (nSPS) is 10.6. The minimum absolute atomic E-state index is 0.0890. The van der Waals surface area contributed by atoms with E-state index in [9.17, 15) is 5.11 Å². The van der Waals surface area contributed by atoms with Gasteiger partial charge in [0.15, 0.2) is 16.6 Å². The van der Waals surface area contributed by atoms with Gasteiger partial charge in [0.05, 0.1) is 21.9 Å². The molecule has 0 aliphatic carbocycles. The lowest BCUT2D eigenvalue weighted by molar-refractivity contribution is 0.476. The molecule has 0 radical (unpaired) electrons. The Hall–Kier alpha value is -2.42. The summed E-state index contributed by atoms with van der Waals surface area (Å²) in [4.78, 5) is 13.1. The van der Waals surface area contributed by atoms with Crippen LogP contribution in [-0.4, -0.2) is 31.7 Å². The average molecular weight is 409 g/mol. The molecule has 2 aromatic heterocycles. The number of nitrogens with zero attached hydrogens (tertiary/aromatic N) is 3. The summed E-state index contributed by atoms with van der Waals surface area (Å²) in [5, 5.41) is 19.7. The Balaban J connectivity index is 1.88. The first-order chi connectivity index (χ1) is 12.5. The smallest absolute Gasteiger partial charge is 0.182 e. The van der Waals surface area contributed by atoms with Crippen molar-refractivity contribution in [3.8, 4) is 5.75 Å². The first kappa shape index (κ1) is 18.4. The highest BCUT2D eigenvalue weighted by atomic mass is 35.5. The Morgan fingerprint density at radius 1 is 1.15 bits per heavy atom. The van der Waals surface area contributed by atoms with E-state index < -0.39 is 0 Å². The highest BCUT2D eigenvalue weighted by Gasteiger charge is 2.09. The first-order valence-electron chi connectivity index (χ1n) is 7.60. The molecule has 0 aliphatic rings. The molecule has 0 aliphatic heterocycles. The number of hydrogen-bond donors (Lipinski definition) is 4. The first-order valence-corrected chi connectivity index (χ1v) is 8.76. The fourth-order valence-corrected chi connectivity index (χ4v) is 2.80. The van der Waals surface area contributed by atoms with E-state index in [1.807, 2.05) is 6.92 Å². The summed E-state index contributed by atoms with van der Waals surface area (Å²) < 4.78 is 0. The third kappa shape index (κ3) is 4.21. The van der Waals surface area contributed by atoms with E-state index in [1.54, 1.807) is 18.3 Å². The monoisotopic (exact) mass is 408 g/mol. The number of pyridine rings is 1. The largest absolute Gasteiger partial charge is 0.506 e. The van der Waals surface area contributed by atoms with E-state index in [-0.39, 0.29) is 10.8 Å². The van der Waals surface area contributed by atoms with Crippen molar-refractivity contribution in [2.75, 3.05) is 17.2 Å². The Morgan fingerprint density at radius 2 is 1.92 bits per heavy atom. The molecule has 0 unspecified atom stereocenters. The quantitative estimate of drug-likeness (QED) is 0.479. The van der Waals surface area contributed by atoms with Gasteiger partial charge in [-0.05, 0) is 37.3 Å². The van der Waals surface area contributed by atoms with E-state index in [4.69, 9.17) is 35.4 Å². The minimum atomic E-state index is -0.0890. The summed E-state index contributed by atoms with van der Waals surface area (Å²) in [7, 11) is 0. The fraction of sp³-hybridized carbons (Fsp3) is 0.125. The van der Waals surface area contributed by atoms with Gasteiger partial charge in [0, 0.05) is 12.6 Å². The second kappa shape index (κ2) is 7.86. The van der Waals surface area contributed by atoms with Gasteiger partial charge in [-0.25, -0.2) is 15.0 Å². The zero-order valence-electron chi connectivity index (χ0n) is 13.5. The molecule has 0 bridgehead atoms. The van der Waals surface area contributed by atoms with Crippen molar-refractivity contribution in [1.82, 2.24) is 20.3 Å². The number of benzene rings is 1. The Bertz CT molecular complexity index is 984. The molecule has 3 rings (SSSR count). The van der Waals surface area contributed by atoms with Crippen molar-refractivity contribution < 1.29 is 5.11 Å². The zero-order valence-corrected chi connectivity index (χ0v) is 15.9. The molecule has 0 atom stereocenters. The van der Waals surface area contributed by atoms with Crippen molar-refractivity contribution in [3.63, 3.8) is 0 Å². The standard InChI is InChI=1S/C16H14Cl2N6OS/c1-2-19-16(26)24-13-4-3-10-15(22-13)23-14(7-20-10)21-11-6-12(25)9(18)5-8(11)17/h3-7,25H,2H2,1H3,(H3,19,21,22,23,24,26). The van der Waals surface area contributed by atoms with Crippen LogP contribution in [0.1, 0.15) is 6.92 Å². The molecule has 0 amide bonds. The van der Waals surface area contributed by atoms with Crippen LogP contribution in [0.15, 0.2) is 30.5 Å². The van der Waals surface area contributed by atoms with Crippen LogP contribution in [0.3, 0.4) is 0 Å². The SMILES string of the molecule is CCNC(=S)Nc1ccc2ncc(Nc3cc(O)c(Cl)cc3Cl)nc2n1. The Kier molecular flexibility index (Phi) is 5.55. The maximum absolute atomic E-state index is 9.73. The van der Waals surface area contributed by atoms with E-state index in [0.29, 0.717) is 45.2 Å². The van der Waals surface area contributed by atoms with E-state index in [1.165, 1.54) is 12.1 Å². The number of rotatable bonds is 4. The third-order valence-corrected chi connectivity index (χ3v) is 4.15. The molecular weight excluding hydrogens is 395 g/mol. The van der Waals surface area contributed by atoms with Crippen LogP contribution in [-0.2, 0) is 0 Å². The van der Waals surface area contributed by atoms with Crippen LogP contribution >= 0.6 is 35.4 Å². The van der Waals surface area contributed by atoms with Gasteiger partial charge >= 0.3 is 0 Å². The second-order valence-corrected chi connectivity index (χ2v) is 6.41. The molecule has 134 valence electrons. The number of aromatic hydroxyl groups is 1. The minimum Gasteiger partial charge on any atom is -0.506 e. The number of hydrogen-bond acceptors (Lipinski definition) is 6. The number of nitrogens with one attached hydrogen (secondary N) is 3. The summed E-state index contributed by atoms with van der Waals surface area (Å²) >= 11 is 17.1. The van der Waals surface area contributed by atoms with Crippen molar-refractivity contribution in [2.24, 2.45) is 0 Å². The summed E-state index contributed by atoms with van der Waals surface area (Å²) in [6.07, 6.45) is 1.54. The van der Waals surface area contributed by atoms with Crippen LogP contribution in [0.4, 0.5) is 17.3 Å². The number of fused-ring (bicyclic) bond motifs is 1. The topological polar surface area (TPSA) is 95.0 Å². The van der Waals surface area contributed by atoms with Crippen LogP contribution < -0.4 is 16.0 Å². The number of thiocarbonyl (C=S) groups is 1. The van der Waals surface area contributed by atoms with Crippen molar-refractivity contribution in [3.05, 3.63) is 40.5 Å². The summed E-state index contributed by atoms with van der Waals surface area (Å²) in [5.74, 6) is 0.881. The molecule has 0 fully saturated rings. The molecule has 1 aromatic carbocycles. The van der Waals surface area contributed by atoms with Gasteiger partial charge in [0.1, 0.15) is 17.1 Å². The Labute approximate surface area is 164 Å². The highest BCUT2D eigenvalue weighted by Crippen LogP contribution is 2.34. The lowest BCUT2D eigenvalue weighted by Crippen LogP contribution is -2.28. The second-order valence-electron chi connectivity index (χ2n) is 5.19. The summed E-state index contributed by atoms with van der Waals surface area (Å²) in [6, 6.07) is 6.41. The Morgan fingerprint density at radius 3 is 2.69 bits per heavy atom. The van der Waals surface area contributed by atoms with Crippen molar-refractivity contribution >= 4 is 69.0 Å². The molecule has 0 spiro atoms. The number of anilines is 3. The van der Waals surface area contributed by atoms with E-state index in [0.717, 1.165) is 0 Å². The molecule has 3 aromatic rings. The van der Waals surface area contributed by atoms with Crippen LogP contribution in [0.5, 0.6) is 5.75 Å². The van der Waals surface area contributed by atoms with Crippen molar-refractivity contribution in [1.29, 1.82) is 0 Å². The predicted octanol–water partition coefficient (Wildman–Crippen LogP) is 4.09. The highest BCUT2D eigenvalue weighted by molar-refractivity contribution is 7.80. The lowest BCUT2D eigenvalue weighted by atomic mass is 10.3. The van der Waals surface area contributed by atoms with Crippen LogP contribution in [0.25, 0.3) is 11.2 Å². The van der Waals surface area contributed by atoms with Crippen LogP contribution in [0, 0.1) is 0 Å². The van der Waals surface area contributed by atoms with Gasteiger partial charge in [0.2, 0.25) is 0 Å². The molecule has 10 heteroatoms. The van der Waals surface area contributed by atoms with E-state index in [2.05, 4.69) is 30.9 Å². The third-order valence-electron chi connectivity index (χ3n) is 3.28. The van der Waals surface area contributed by atoms with Crippen LogP contribution in [0.2, 0.25) is 10.0 Å². The van der Waals surface area contributed by atoms with Gasteiger partial charge in [0.25, 0.3) is 0 Å². The number of aromatic nitrogens is 3. The molecule has 26 heavy (non-hydrogen) atoms. The molecule has 4 N–H and O–H groups in total. The lowest BCUT2D eigenvalue weighted by Gasteiger charge is -2.10. The number of halogens is 2. The van der Waals surface area contributed by atoms with Gasteiger partial charge < -0.3 is 21.1 Å². The maximum Gasteiger partial charge on any atom is 0.182 e. The van der Waals surface area contributed by atoms with E-state index >= 15 is 0 Å². The van der Waals surface area contributed by atoms with Gasteiger partial charge in [-0.1, -0.05) is 23.2 Å².